The van der Waals surface area contributed by atoms with Crippen LogP contribution in [0.1, 0.15) is 51.5 Å². The fourth-order valence-electron chi connectivity index (χ4n) is 2.68. The Morgan fingerprint density at radius 1 is 1.18 bits per heavy atom. The number of nitrogens with one attached hydrogen (secondary N) is 1. The van der Waals surface area contributed by atoms with Crippen LogP contribution in [0.4, 0.5) is 0 Å². The predicted octanol–water partition coefficient (Wildman–Crippen LogP) is 5.76. The van der Waals surface area contributed by atoms with E-state index >= 15 is 0 Å². The zero-order valence-electron chi connectivity index (χ0n) is 13.4. The van der Waals surface area contributed by atoms with Crippen LogP contribution in [-0.4, -0.2) is 12.6 Å². The van der Waals surface area contributed by atoms with Crippen molar-refractivity contribution < 1.29 is 4.74 Å². The summed E-state index contributed by atoms with van der Waals surface area (Å²) in [5.41, 5.74) is 2.68. The maximum Gasteiger partial charge on any atom is 0.156 e. The van der Waals surface area contributed by atoms with Gasteiger partial charge in [0.15, 0.2) is 5.75 Å². The molecule has 0 bridgehead atoms. The van der Waals surface area contributed by atoms with Crippen molar-refractivity contribution in [2.45, 2.75) is 58.6 Å². The van der Waals surface area contributed by atoms with Crippen LogP contribution in [0.15, 0.2) is 23.8 Å². The maximum absolute atomic E-state index is 6.27. The third kappa shape index (κ3) is 5.49. The molecule has 0 spiro atoms. The van der Waals surface area contributed by atoms with Crippen LogP contribution in [0, 0.1) is 0 Å². The predicted molar refractivity (Wildman–Crippen MR) is 95.1 cm³/mol. The normalized spacial score (nSPS) is 15.0. The van der Waals surface area contributed by atoms with E-state index in [1.54, 1.807) is 5.57 Å². The Morgan fingerprint density at radius 3 is 2.50 bits per heavy atom. The summed E-state index contributed by atoms with van der Waals surface area (Å²) in [5, 5.41) is 4.62. The van der Waals surface area contributed by atoms with E-state index < -0.39 is 0 Å². The molecule has 0 unspecified atom stereocenters. The largest absolute Gasteiger partial charge is 0.488 e. The van der Waals surface area contributed by atoms with Gasteiger partial charge in [-0.15, -0.1) is 0 Å². The lowest BCUT2D eigenvalue weighted by Gasteiger charge is -2.15. The lowest BCUT2D eigenvalue weighted by molar-refractivity contribution is 0.242. The molecular weight excluding hydrogens is 317 g/mol. The third-order valence-electron chi connectivity index (χ3n) is 3.75. The minimum atomic E-state index is 0.0581. The van der Waals surface area contributed by atoms with Crippen molar-refractivity contribution in [3.05, 3.63) is 39.4 Å². The van der Waals surface area contributed by atoms with Crippen LogP contribution < -0.4 is 10.1 Å². The number of allylic oxidation sites excluding steroid dienone is 1. The number of hydrogen-bond acceptors (Lipinski definition) is 2. The highest BCUT2D eigenvalue weighted by atomic mass is 35.5. The van der Waals surface area contributed by atoms with Crippen molar-refractivity contribution >= 4 is 23.2 Å². The van der Waals surface area contributed by atoms with Gasteiger partial charge in [-0.2, -0.15) is 0 Å². The summed E-state index contributed by atoms with van der Waals surface area (Å²) in [6.07, 6.45) is 8.79. The van der Waals surface area contributed by atoms with Gasteiger partial charge in [-0.1, -0.05) is 34.9 Å². The zero-order valence-corrected chi connectivity index (χ0v) is 14.9. The first-order chi connectivity index (χ1) is 10.6. The van der Waals surface area contributed by atoms with Gasteiger partial charge in [-0.25, -0.2) is 0 Å². The van der Waals surface area contributed by atoms with E-state index in [1.165, 1.54) is 25.7 Å². The molecule has 2 nitrogen and oxygen atoms in total. The maximum atomic E-state index is 6.27. The zero-order chi connectivity index (χ0) is 15.9. The molecule has 1 N–H and O–H groups in total. The Hall–Kier alpha value is -0.700. The van der Waals surface area contributed by atoms with Gasteiger partial charge in [-0.3, -0.25) is 0 Å². The Bertz CT molecular complexity index is 503. The number of hydrogen-bond donors (Lipinski definition) is 1. The monoisotopic (exact) mass is 341 g/mol. The molecule has 0 radical (unpaired) electrons. The molecule has 1 aromatic rings. The van der Waals surface area contributed by atoms with Crippen LogP contribution in [0.25, 0.3) is 0 Å². The summed E-state index contributed by atoms with van der Waals surface area (Å²) in [6, 6.07) is 3.86. The SMILES string of the molecule is CC(C)Oc1c(Cl)cc(CNCCC2=CCCCC2)cc1Cl. The second-order valence-corrected chi connectivity index (χ2v) is 6.90. The molecule has 0 atom stereocenters. The Morgan fingerprint density at radius 2 is 1.91 bits per heavy atom. The molecule has 0 aliphatic heterocycles. The molecule has 0 aromatic heterocycles. The summed E-state index contributed by atoms with van der Waals surface area (Å²) in [4.78, 5) is 0. The number of halogens is 2. The molecule has 0 fully saturated rings. The number of benzene rings is 1. The van der Waals surface area contributed by atoms with E-state index in [0.29, 0.717) is 15.8 Å². The van der Waals surface area contributed by atoms with Crippen LogP contribution in [0.2, 0.25) is 10.0 Å². The van der Waals surface area contributed by atoms with Gasteiger partial charge < -0.3 is 10.1 Å². The van der Waals surface area contributed by atoms with Gasteiger partial charge in [0.25, 0.3) is 0 Å². The molecule has 122 valence electrons. The average molecular weight is 342 g/mol. The molecular formula is C18H25Cl2NO. The topological polar surface area (TPSA) is 21.3 Å². The Balaban J connectivity index is 1.84. The Labute approximate surface area is 143 Å². The van der Waals surface area contributed by atoms with Crippen molar-refractivity contribution in [2.24, 2.45) is 0 Å². The van der Waals surface area contributed by atoms with Crippen LogP contribution in [0.3, 0.4) is 0 Å². The lowest BCUT2D eigenvalue weighted by atomic mass is 9.97. The fourth-order valence-corrected chi connectivity index (χ4v) is 3.30. The second kappa shape index (κ2) is 8.81. The first-order valence-electron chi connectivity index (χ1n) is 8.09. The molecule has 1 aliphatic carbocycles. The van der Waals surface area contributed by atoms with Gasteiger partial charge in [0.2, 0.25) is 0 Å². The van der Waals surface area contributed by atoms with E-state index in [-0.39, 0.29) is 6.10 Å². The van der Waals surface area contributed by atoms with Crippen LogP contribution >= 0.6 is 23.2 Å². The van der Waals surface area contributed by atoms with Crippen molar-refractivity contribution in [2.75, 3.05) is 6.54 Å². The first-order valence-corrected chi connectivity index (χ1v) is 8.85. The van der Waals surface area contributed by atoms with Gasteiger partial charge in [0, 0.05) is 6.54 Å². The molecule has 0 saturated carbocycles. The fraction of sp³-hybridized carbons (Fsp3) is 0.556. The molecule has 22 heavy (non-hydrogen) atoms. The molecule has 4 heteroatoms. The summed E-state index contributed by atoms with van der Waals surface area (Å²) in [5.74, 6) is 0.578. The Kier molecular flexibility index (Phi) is 7.07. The number of ether oxygens (including phenoxy) is 1. The van der Waals surface area contributed by atoms with Gasteiger partial charge >= 0.3 is 0 Å². The van der Waals surface area contributed by atoms with Crippen LogP contribution in [-0.2, 0) is 6.54 Å². The summed E-state index contributed by atoms with van der Waals surface area (Å²) < 4.78 is 5.64. The standard InChI is InChI=1S/C18H25Cl2NO/c1-13(2)22-18-16(19)10-15(11-17(18)20)12-21-9-8-14-6-4-3-5-7-14/h6,10-11,13,21H,3-5,7-9,12H2,1-2H3. The molecule has 0 saturated heterocycles. The van der Waals surface area contributed by atoms with Gasteiger partial charge in [0.1, 0.15) is 0 Å². The quantitative estimate of drug-likeness (QED) is 0.502. The van der Waals surface area contributed by atoms with E-state index in [2.05, 4.69) is 11.4 Å². The smallest absolute Gasteiger partial charge is 0.156 e. The second-order valence-electron chi connectivity index (χ2n) is 6.09. The minimum absolute atomic E-state index is 0.0581. The van der Waals surface area contributed by atoms with Crippen LogP contribution in [0.5, 0.6) is 5.75 Å². The van der Waals surface area contributed by atoms with Crippen molar-refractivity contribution in [1.29, 1.82) is 0 Å². The van der Waals surface area contributed by atoms with Gasteiger partial charge in [0.05, 0.1) is 16.1 Å². The highest BCUT2D eigenvalue weighted by molar-refractivity contribution is 6.37. The molecule has 0 heterocycles. The van der Waals surface area contributed by atoms with Crippen molar-refractivity contribution in [3.8, 4) is 5.75 Å². The third-order valence-corrected chi connectivity index (χ3v) is 4.31. The minimum Gasteiger partial charge on any atom is -0.488 e. The van der Waals surface area contributed by atoms with E-state index in [0.717, 1.165) is 25.1 Å². The lowest BCUT2D eigenvalue weighted by Crippen LogP contribution is -2.16. The van der Waals surface area contributed by atoms with Gasteiger partial charge in [-0.05, 0) is 70.2 Å². The highest BCUT2D eigenvalue weighted by Gasteiger charge is 2.11. The summed E-state index contributed by atoms with van der Waals surface area (Å²) in [7, 11) is 0. The van der Waals surface area contributed by atoms with E-state index in [4.69, 9.17) is 27.9 Å². The van der Waals surface area contributed by atoms with E-state index in [9.17, 15) is 0 Å². The molecule has 1 aliphatic rings. The molecule has 2 rings (SSSR count). The van der Waals surface area contributed by atoms with Crippen molar-refractivity contribution in [3.63, 3.8) is 0 Å². The average Bonchev–Trinajstić information content (AvgIpc) is 2.48. The van der Waals surface area contributed by atoms with E-state index in [1.807, 2.05) is 26.0 Å². The molecule has 0 amide bonds. The summed E-state index contributed by atoms with van der Waals surface area (Å²) >= 11 is 12.5. The summed E-state index contributed by atoms with van der Waals surface area (Å²) in [6.45, 7) is 5.68. The number of rotatable bonds is 7. The molecule has 1 aromatic carbocycles. The van der Waals surface area contributed by atoms with Crippen molar-refractivity contribution in [1.82, 2.24) is 5.32 Å². The first kappa shape index (κ1) is 17.7. The highest BCUT2D eigenvalue weighted by Crippen LogP contribution is 2.34.